The third-order valence-corrected chi connectivity index (χ3v) is 4.06. The number of benzene rings is 2. The third-order valence-electron chi connectivity index (χ3n) is 4.06. The first-order valence-corrected chi connectivity index (χ1v) is 8.04. The Hall–Kier alpha value is -3.15. The summed E-state index contributed by atoms with van der Waals surface area (Å²) in [7, 11) is 0. The van der Waals surface area contributed by atoms with Crippen LogP contribution in [0.2, 0.25) is 0 Å². The van der Waals surface area contributed by atoms with Gasteiger partial charge in [0.05, 0.1) is 17.5 Å². The molecule has 0 bridgehead atoms. The minimum atomic E-state index is -0.876. The van der Waals surface area contributed by atoms with Crippen molar-refractivity contribution in [1.29, 1.82) is 0 Å². The van der Waals surface area contributed by atoms with Gasteiger partial charge in [0, 0.05) is 23.7 Å². The summed E-state index contributed by atoms with van der Waals surface area (Å²) in [5.74, 6) is -0.509. The van der Waals surface area contributed by atoms with Crippen LogP contribution in [-0.2, 0) is 4.79 Å². The number of aliphatic carboxylic acids is 1. The number of carbonyl (C=O) groups excluding carboxylic acids is 1. The summed E-state index contributed by atoms with van der Waals surface area (Å²) in [5, 5.41) is 12.4. The van der Waals surface area contributed by atoms with Crippen LogP contribution < -0.4 is 5.32 Å². The van der Waals surface area contributed by atoms with Crippen molar-refractivity contribution in [1.82, 2.24) is 9.97 Å². The number of rotatable bonds is 7. The molecule has 0 radical (unpaired) electrons. The highest BCUT2D eigenvalue weighted by molar-refractivity contribution is 5.94. The molecule has 1 heterocycles. The Labute approximate surface area is 144 Å². The fourth-order valence-electron chi connectivity index (χ4n) is 2.71. The SMILES string of the molecule is CC(=O)c1ccc(NCC(CC(=O)O)c2nc3ccccc3[nH]2)cc1. The van der Waals surface area contributed by atoms with Crippen LogP contribution in [0.25, 0.3) is 11.0 Å². The molecule has 0 amide bonds. The first-order valence-electron chi connectivity index (χ1n) is 8.04. The zero-order valence-corrected chi connectivity index (χ0v) is 13.8. The Morgan fingerprint density at radius 2 is 1.88 bits per heavy atom. The van der Waals surface area contributed by atoms with Gasteiger partial charge in [-0.15, -0.1) is 0 Å². The molecule has 0 aliphatic carbocycles. The summed E-state index contributed by atoms with van der Waals surface area (Å²) in [4.78, 5) is 30.3. The third kappa shape index (κ3) is 4.03. The molecule has 25 heavy (non-hydrogen) atoms. The largest absolute Gasteiger partial charge is 0.481 e. The number of nitrogens with zero attached hydrogens (tertiary/aromatic N) is 1. The second-order valence-corrected chi connectivity index (χ2v) is 5.95. The van der Waals surface area contributed by atoms with Crippen molar-refractivity contribution in [2.45, 2.75) is 19.3 Å². The zero-order chi connectivity index (χ0) is 17.8. The fraction of sp³-hybridized carbons (Fsp3) is 0.211. The standard InChI is InChI=1S/C19H19N3O3/c1-12(23)13-6-8-15(9-7-13)20-11-14(10-18(24)25)19-21-16-4-2-3-5-17(16)22-19/h2-9,14,20H,10-11H2,1H3,(H,21,22)(H,24,25). The molecule has 0 aliphatic rings. The number of carboxylic acid groups (broad SMARTS) is 1. The summed E-state index contributed by atoms with van der Waals surface area (Å²) in [6.07, 6.45) is -0.0294. The molecule has 3 rings (SSSR count). The quantitative estimate of drug-likeness (QED) is 0.574. The Bertz CT molecular complexity index is 867. The maximum Gasteiger partial charge on any atom is 0.304 e. The van der Waals surface area contributed by atoms with E-state index in [1.165, 1.54) is 6.92 Å². The van der Waals surface area contributed by atoms with Gasteiger partial charge in [0.15, 0.2) is 5.78 Å². The van der Waals surface area contributed by atoms with Crippen molar-refractivity contribution in [3.05, 3.63) is 59.9 Å². The van der Waals surface area contributed by atoms with Gasteiger partial charge in [-0.1, -0.05) is 12.1 Å². The Kier molecular flexibility index (Phi) is 4.79. The van der Waals surface area contributed by atoms with Gasteiger partial charge >= 0.3 is 5.97 Å². The molecule has 3 N–H and O–H groups in total. The average molecular weight is 337 g/mol. The summed E-state index contributed by atoms with van der Waals surface area (Å²) in [6, 6.07) is 14.7. The summed E-state index contributed by atoms with van der Waals surface area (Å²) in [5.41, 5.74) is 3.18. The number of ketones is 1. The summed E-state index contributed by atoms with van der Waals surface area (Å²) >= 11 is 0. The number of para-hydroxylation sites is 2. The highest BCUT2D eigenvalue weighted by Crippen LogP contribution is 2.22. The number of aromatic amines is 1. The van der Waals surface area contributed by atoms with Crippen LogP contribution in [0.5, 0.6) is 0 Å². The molecule has 1 unspecified atom stereocenters. The molecule has 0 aliphatic heterocycles. The molecule has 0 spiro atoms. The predicted octanol–water partition coefficient (Wildman–Crippen LogP) is 3.44. The van der Waals surface area contributed by atoms with E-state index in [4.69, 9.17) is 0 Å². The van der Waals surface area contributed by atoms with E-state index in [1.54, 1.807) is 12.1 Å². The zero-order valence-electron chi connectivity index (χ0n) is 13.8. The van der Waals surface area contributed by atoms with Gasteiger partial charge in [-0.05, 0) is 43.3 Å². The Morgan fingerprint density at radius 3 is 2.52 bits per heavy atom. The summed E-state index contributed by atoms with van der Waals surface area (Å²) < 4.78 is 0. The van der Waals surface area contributed by atoms with Gasteiger partial charge in [0.25, 0.3) is 0 Å². The Morgan fingerprint density at radius 1 is 1.16 bits per heavy atom. The maximum atomic E-state index is 11.3. The molecule has 0 fully saturated rings. The number of anilines is 1. The molecule has 6 nitrogen and oxygen atoms in total. The molecule has 1 aromatic heterocycles. The number of carboxylic acids is 1. The van der Waals surface area contributed by atoms with E-state index >= 15 is 0 Å². The minimum Gasteiger partial charge on any atom is -0.481 e. The lowest BCUT2D eigenvalue weighted by molar-refractivity contribution is -0.137. The number of carbonyl (C=O) groups is 2. The average Bonchev–Trinajstić information content (AvgIpc) is 3.02. The molecule has 1 atom stereocenters. The minimum absolute atomic E-state index is 0.0116. The normalized spacial score (nSPS) is 12.0. The number of fused-ring (bicyclic) bond motifs is 1. The molecular formula is C19H19N3O3. The molecular weight excluding hydrogens is 318 g/mol. The van der Waals surface area contributed by atoms with Gasteiger partial charge in [0.1, 0.15) is 5.82 Å². The van der Waals surface area contributed by atoms with Gasteiger partial charge in [-0.2, -0.15) is 0 Å². The highest BCUT2D eigenvalue weighted by Gasteiger charge is 2.19. The molecule has 0 saturated carbocycles. The maximum absolute atomic E-state index is 11.3. The van der Waals surface area contributed by atoms with Crippen molar-refractivity contribution in [3.8, 4) is 0 Å². The van der Waals surface area contributed by atoms with Gasteiger partial charge < -0.3 is 15.4 Å². The number of imidazole rings is 1. The smallest absolute Gasteiger partial charge is 0.304 e. The highest BCUT2D eigenvalue weighted by atomic mass is 16.4. The van der Waals surface area contributed by atoms with E-state index in [-0.39, 0.29) is 18.1 Å². The van der Waals surface area contributed by atoms with Crippen molar-refractivity contribution in [2.75, 3.05) is 11.9 Å². The molecule has 6 heteroatoms. The number of Topliss-reactive ketones (excluding diaryl/α,β-unsaturated/α-hetero) is 1. The first-order chi connectivity index (χ1) is 12.0. The van der Waals surface area contributed by atoms with Gasteiger partial charge in [-0.3, -0.25) is 9.59 Å². The number of aromatic nitrogens is 2. The first kappa shape index (κ1) is 16.7. The van der Waals surface area contributed by atoms with E-state index in [0.29, 0.717) is 17.9 Å². The van der Waals surface area contributed by atoms with Gasteiger partial charge in [0.2, 0.25) is 0 Å². The Balaban J connectivity index is 1.76. The van der Waals surface area contributed by atoms with Crippen molar-refractivity contribution in [2.24, 2.45) is 0 Å². The number of hydrogen-bond acceptors (Lipinski definition) is 4. The van der Waals surface area contributed by atoms with Crippen LogP contribution in [-0.4, -0.2) is 33.4 Å². The lowest BCUT2D eigenvalue weighted by Crippen LogP contribution is -2.17. The lowest BCUT2D eigenvalue weighted by Gasteiger charge is -2.14. The van der Waals surface area contributed by atoms with Crippen LogP contribution in [0.4, 0.5) is 5.69 Å². The van der Waals surface area contributed by atoms with Crippen LogP contribution in [0.1, 0.15) is 35.4 Å². The van der Waals surface area contributed by atoms with Crippen LogP contribution in [0, 0.1) is 0 Å². The monoisotopic (exact) mass is 337 g/mol. The van der Waals surface area contributed by atoms with E-state index in [2.05, 4.69) is 15.3 Å². The van der Waals surface area contributed by atoms with Crippen LogP contribution in [0.15, 0.2) is 48.5 Å². The van der Waals surface area contributed by atoms with Crippen molar-refractivity contribution >= 4 is 28.5 Å². The molecule has 128 valence electrons. The second-order valence-electron chi connectivity index (χ2n) is 5.95. The molecule has 0 saturated heterocycles. The van der Waals surface area contributed by atoms with E-state index in [1.807, 2.05) is 36.4 Å². The van der Waals surface area contributed by atoms with Gasteiger partial charge in [-0.25, -0.2) is 4.98 Å². The summed E-state index contributed by atoms with van der Waals surface area (Å²) in [6.45, 7) is 1.94. The molecule has 2 aromatic carbocycles. The predicted molar refractivity (Wildman–Crippen MR) is 96.0 cm³/mol. The number of nitrogens with one attached hydrogen (secondary N) is 2. The van der Waals surface area contributed by atoms with E-state index in [0.717, 1.165) is 16.7 Å². The van der Waals surface area contributed by atoms with Crippen molar-refractivity contribution in [3.63, 3.8) is 0 Å². The number of hydrogen-bond donors (Lipinski definition) is 3. The topological polar surface area (TPSA) is 95.1 Å². The second kappa shape index (κ2) is 7.17. The van der Waals surface area contributed by atoms with Crippen LogP contribution in [0.3, 0.4) is 0 Å². The van der Waals surface area contributed by atoms with Crippen molar-refractivity contribution < 1.29 is 14.7 Å². The van der Waals surface area contributed by atoms with E-state index in [9.17, 15) is 14.7 Å². The van der Waals surface area contributed by atoms with E-state index < -0.39 is 5.97 Å². The lowest BCUT2D eigenvalue weighted by atomic mass is 10.0. The fourth-order valence-corrected chi connectivity index (χ4v) is 2.71. The van der Waals surface area contributed by atoms with Crippen LogP contribution >= 0.6 is 0 Å². The molecule has 3 aromatic rings. The number of H-pyrrole nitrogens is 1.